The summed E-state index contributed by atoms with van der Waals surface area (Å²) in [7, 11) is 0. The predicted molar refractivity (Wildman–Crippen MR) is 66.1 cm³/mol. The van der Waals surface area contributed by atoms with Gasteiger partial charge in [0.25, 0.3) is 0 Å². The second kappa shape index (κ2) is 4.50. The summed E-state index contributed by atoms with van der Waals surface area (Å²) < 4.78 is 0. The SMILES string of the molecule is Cc1nc(Nc2ncccc2C(=O)O)sc1C. The van der Waals surface area contributed by atoms with E-state index in [4.69, 9.17) is 5.11 Å². The molecule has 6 heteroatoms. The highest BCUT2D eigenvalue weighted by atomic mass is 32.1. The molecule has 0 aliphatic carbocycles. The van der Waals surface area contributed by atoms with Gasteiger partial charge in [0, 0.05) is 11.1 Å². The molecule has 0 aliphatic heterocycles. The highest BCUT2D eigenvalue weighted by molar-refractivity contribution is 7.15. The minimum atomic E-state index is -1.01. The molecule has 0 bridgehead atoms. The summed E-state index contributed by atoms with van der Waals surface area (Å²) in [6.07, 6.45) is 1.54. The first-order valence-electron chi connectivity index (χ1n) is 4.97. The van der Waals surface area contributed by atoms with Crippen molar-refractivity contribution < 1.29 is 9.90 Å². The lowest BCUT2D eigenvalue weighted by atomic mass is 10.2. The van der Waals surface area contributed by atoms with Crippen LogP contribution in [-0.4, -0.2) is 21.0 Å². The standard InChI is InChI=1S/C11H11N3O2S/c1-6-7(2)17-11(13-6)14-9-8(10(15)16)4-3-5-12-9/h3-5H,1-2H3,(H,15,16)(H,12,13,14). The molecular formula is C11H11N3O2S. The zero-order valence-electron chi connectivity index (χ0n) is 9.39. The van der Waals surface area contributed by atoms with Crippen molar-refractivity contribution in [1.29, 1.82) is 0 Å². The largest absolute Gasteiger partial charge is 0.478 e. The Balaban J connectivity index is 2.33. The Morgan fingerprint density at radius 1 is 1.47 bits per heavy atom. The van der Waals surface area contributed by atoms with Crippen LogP contribution in [0.15, 0.2) is 18.3 Å². The Kier molecular flexibility index (Phi) is 3.06. The lowest BCUT2D eigenvalue weighted by Gasteiger charge is -2.04. The fourth-order valence-corrected chi connectivity index (χ4v) is 2.12. The average Bonchev–Trinajstić information content (AvgIpc) is 2.58. The van der Waals surface area contributed by atoms with Gasteiger partial charge in [0.1, 0.15) is 11.4 Å². The second-order valence-corrected chi connectivity index (χ2v) is 4.69. The lowest BCUT2D eigenvalue weighted by molar-refractivity contribution is 0.0697. The van der Waals surface area contributed by atoms with Crippen molar-refractivity contribution in [2.24, 2.45) is 0 Å². The van der Waals surface area contributed by atoms with E-state index in [1.54, 1.807) is 12.3 Å². The van der Waals surface area contributed by atoms with Gasteiger partial charge in [-0.1, -0.05) is 0 Å². The summed E-state index contributed by atoms with van der Waals surface area (Å²) in [5.74, 6) is -0.695. The minimum absolute atomic E-state index is 0.137. The maximum atomic E-state index is 11.0. The van der Waals surface area contributed by atoms with Gasteiger partial charge in [-0.2, -0.15) is 0 Å². The molecule has 0 amide bonds. The van der Waals surface area contributed by atoms with Gasteiger partial charge in [0.05, 0.1) is 5.69 Å². The summed E-state index contributed by atoms with van der Waals surface area (Å²) in [4.78, 5) is 20.4. The smallest absolute Gasteiger partial charge is 0.339 e. The molecule has 0 atom stereocenters. The van der Waals surface area contributed by atoms with Crippen LogP contribution in [0.3, 0.4) is 0 Å². The Morgan fingerprint density at radius 2 is 2.24 bits per heavy atom. The van der Waals surface area contributed by atoms with Crippen molar-refractivity contribution in [3.63, 3.8) is 0 Å². The number of aromatic carboxylic acids is 1. The van der Waals surface area contributed by atoms with Crippen molar-refractivity contribution in [3.8, 4) is 0 Å². The lowest BCUT2D eigenvalue weighted by Crippen LogP contribution is -2.04. The highest BCUT2D eigenvalue weighted by Crippen LogP contribution is 2.25. The Hall–Kier alpha value is -1.95. The number of aromatic nitrogens is 2. The highest BCUT2D eigenvalue weighted by Gasteiger charge is 2.12. The first-order valence-corrected chi connectivity index (χ1v) is 5.79. The number of hydrogen-bond donors (Lipinski definition) is 2. The maximum absolute atomic E-state index is 11.0. The van der Waals surface area contributed by atoms with E-state index in [9.17, 15) is 4.79 Å². The summed E-state index contributed by atoms with van der Waals surface area (Å²) in [5, 5.41) is 12.6. The van der Waals surface area contributed by atoms with E-state index in [1.165, 1.54) is 17.4 Å². The monoisotopic (exact) mass is 249 g/mol. The van der Waals surface area contributed by atoms with Crippen LogP contribution in [0.5, 0.6) is 0 Å². The molecule has 0 aliphatic rings. The number of carbonyl (C=O) groups is 1. The van der Waals surface area contributed by atoms with E-state index in [2.05, 4.69) is 15.3 Å². The molecule has 0 saturated carbocycles. The number of rotatable bonds is 3. The third-order valence-electron chi connectivity index (χ3n) is 2.29. The van der Waals surface area contributed by atoms with Crippen LogP contribution in [0.1, 0.15) is 20.9 Å². The molecular weight excluding hydrogens is 238 g/mol. The summed E-state index contributed by atoms with van der Waals surface area (Å²) in [5.41, 5.74) is 1.07. The van der Waals surface area contributed by atoms with E-state index < -0.39 is 5.97 Å². The van der Waals surface area contributed by atoms with Crippen LogP contribution in [-0.2, 0) is 0 Å². The van der Waals surface area contributed by atoms with Gasteiger partial charge in [-0.05, 0) is 26.0 Å². The van der Waals surface area contributed by atoms with Gasteiger partial charge < -0.3 is 10.4 Å². The molecule has 0 radical (unpaired) electrons. The number of nitrogens with one attached hydrogen (secondary N) is 1. The van der Waals surface area contributed by atoms with Crippen LogP contribution in [0.4, 0.5) is 10.9 Å². The van der Waals surface area contributed by atoms with Crippen LogP contribution in [0.2, 0.25) is 0 Å². The molecule has 2 heterocycles. The molecule has 5 nitrogen and oxygen atoms in total. The number of pyridine rings is 1. The summed E-state index contributed by atoms with van der Waals surface area (Å²) in [6.45, 7) is 3.88. The van der Waals surface area contributed by atoms with E-state index in [1.807, 2.05) is 13.8 Å². The molecule has 2 aromatic heterocycles. The van der Waals surface area contributed by atoms with Crippen LogP contribution >= 0.6 is 11.3 Å². The molecule has 2 rings (SSSR count). The van der Waals surface area contributed by atoms with E-state index in [0.29, 0.717) is 10.9 Å². The third-order valence-corrected chi connectivity index (χ3v) is 3.28. The van der Waals surface area contributed by atoms with Crippen molar-refractivity contribution in [1.82, 2.24) is 9.97 Å². The van der Waals surface area contributed by atoms with E-state index in [-0.39, 0.29) is 5.56 Å². The van der Waals surface area contributed by atoms with Crippen molar-refractivity contribution in [2.75, 3.05) is 5.32 Å². The zero-order valence-corrected chi connectivity index (χ0v) is 10.2. The normalized spacial score (nSPS) is 10.2. The topological polar surface area (TPSA) is 75.1 Å². The molecule has 2 aromatic rings. The van der Waals surface area contributed by atoms with Crippen LogP contribution < -0.4 is 5.32 Å². The van der Waals surface area contributed by atoms with E-state index >= 15 is 0 Å². The maximum Gasteiger partial charge on any atom is 0.339 e. The average molecular weight is 249 g/mol. The van der Waals surface area contributed by atoms with E-state index in [0.717, 1.165) is 10.6 Å². The van der Waals surface area contributed by atoms with Gasteiger partial charge in [-0.3, -0.25) is 0 Å². The fourth-order valence-electron chi connectivity index (χ4n) is 1.30. The van der Waals surface area contributed by atoms with Gasteiger partial charge in [0.15, 0.2) is 5.13 Å². The fraction of sp³-hybridized carbons (Fsp3) is 0.182. The number of nitrogens with zero attached hydrogens (tertiary/aromatic N) is 2. The number of carboxylic acid groups (broad SMARTS) is 1. The number of aryl methyl sites for hydroxylation is 2. The van der Waals surface area contributed by atoms with Crippen molar-refractivity contribution in [3.05, 3.63) is 34.5 Å². The Bertz CT molecular complexity index is 546. The van der Waals surface area contributed by atoms with Crippen LogP contribution in [0, 0.1) is 13.8 Å². The van der Waals surface area contributed by atoms with Gasteiger partial charge in [0.2, 0.25) is 0 Å². The van der Waals surface area contributed by atoms with Gasteiger partial charge >= 0.3 is 5.97 Å². The van der Waals surface area contributed by atoms with Crippen molar-refractivity contribution >= 4 is 28.3 Å². The molecule has 0 saturated heterocycles. The molecule has 0 fully saturated rings. The molecule has 2 N–H and O–H groups in total. The first kappa shape index (κ1) is 11.5. The van der Waals surface area contributed by atoms with Crippen LogP contribution in [0.25, 0.3) is 0 Å². The number of thiazole rings is 1. The quantitative estimate of drug-likeness (QED) is 0.874. The molecule has 0 aromatic carbocycles. The van der Waals surface area contributed by atoms with Gasteiger partial charge in [-0.15, -0.1) is 11.3 Å². The number of hydrogen-bond acceptors (Lipinski definition) is 5. The molecule has 0 unspecified atom stereocenters. The predicted octanol–water partition coefficient (Wildman–Crippen LogP) is 2.60. The Labute approximate surface area is 102 Å². The number of anilines is 2. The van der Waals surface area contributed by atoms with Gasteiger partial charge in [-0.25, -0.2) is 14.8 Å². The second-order valence-electron chi connectivity index (χ2n) is 3.49. The summed E-state index contributed by atoms with van der Waals surface area (Å²) in [6, 6.07) is 3.10. The molecule has 17 heavy (non-hydrogen) atoms. The molecule has 0 spiro atoms. The first-order chi connectivity index (χ1) is 8.08. The number of carboxylic acids is 1. The minimum Gasteiger partial charge on any atom is -0.478 e. The Morgan fingerprint density at radius 3 is 2.82 bits per heavy atom. The summed E-state index contributed by atoms with van der Waals surface area (Å²) >= 11 is 1.47. The van der Waals surface area contributed by atoms with Crippen molar-refractivity contribution in [2.45, 2.75) is 13.8 Å². The molecule has 88 valence electrons. The zero-order chi connectivity index (χ0) is 12.4. The third kappa shape index (κ3) is 2.42.